The number of rotatable bonds is 5. The van der Waals surface area contributed by atoms with Crippen LogP contribution in [-0.4, -0.2) is 38.7 Å². The maximum Gasteiger partial charge on any atom is 0.184 e. The van der Waals surface area contributed by atoms with E-state index >= 15 is 0 Å². The van der Waals surface area contributed by atoms with Gasteiger partial charge in [0.15, 0.2) is 5.90 Å². The van der Waals surface area contributed by atoms with Crippen molar-refractivity contribution < 1.29 is 4.74 Å². The molecule has 1 heterocycles. The van der Waals surface area contributed by atoms with E-state index in [1.54, 1.807) is 0 Å². The van der Waals surface area contributed by atoms with Gasteiger partial charge in [-0.2, -0.15) is 0 Å². The molecule has 1 aliphatic heterocycles. The van der Waals surface area contributed by atoms with Gasteiger partial charge in [0, 0.05) is 26.1 Å². The SMILES string of the molecule is NCCNCCC1=NCCO1. The van der Waals surface area contributed by atoms with Crippen LogP contribution >= 0.6 is 0 Å². The van der Waals surface area contributed by atoms with E-state index in [1.807, 2.05) is 0 Å². The van der Waals surface area contributed by atoms with E-state index in [0.717, 1.165) is 38.6 Å². The molecule has 0 aromatic heterocycles. The molecule has 3 N–H and O–H groups in total. The summed E-state index contributed by atoms with van der Waals surface area (Å²) in [4.78, 5) is 4.16. The monoisotopic (exact) mass is 157 g/mol. The third-order valence-corrected chi connectivity index (χ3v) is 1.48. The molecule has 0 atom stereocenters. The average molecular weight is 157 g/mol. The van der Waals surface area contributed by atoms with Gasteiger partial charge < -0.3 is 15.8 Å². The summed E-state index contributed by atoms with van der Waals surface area (Å²) in [6.07, 6.45) is 0.889. The number of aliphatic imine (C=N–C) groups is 1. The van der Waals surface area contributed by atoms with E-state index in [1.165, 1.54) is 0 Å². The maximum absolute atomic E-state index is 5.30. The second kappa shape index (κ2) is 5.09. The van der Waals surface area contributed by atoms with Gasteiger partial charge in [-0.05, 0) is 0 Å². The van der Waals surface area contributed by atoms with Gasteiger partial charge in [-0.25, -0.2) is 0 Å². The molecule has 0 aromatic rings. The smallest absolute Gasteiger partial charge is 0.184 e. The molecule has 0 unspecified atom stereocenters. The number of nitrogens with zero attached hydrogens (tertiary/aromatic N) is 1. The first-order chi connectivity index (χ1) is 5.43. The van der Waals surface area contributed by atoms with Gasteiger partial charge in [0.05, 0.1) is 6.54 Å². The number of nitrogens with one attached hydrogen (secondary N) is 1. The van der Waals surface area contributed by atoms with Crippen molar-refractivity contribution >= 4 is 5.90 Å². The van der Waals surface area contributed by atoms with Crippen molar-refractivity contribution in [3.63, 3.8) is 0 Å². The van der Waals surface area contributed by atoms with E-state index in [0.29, 0.717) is 6.54 Å². The summed E-state index contributed by atoms with van der Waals surface area (Å²) in [6, 6.07) is 0. The Kier molecular flexibility index (Phi) is 3.93. The minimum Gasteiger partial charge on any atom is -0.479 e. The first kappa shape index (κ1) is 8.49. The highest BCUT2D eigenvalue weighted by Gasteiger charge is 2.04. The molecule has 0 saturated carbocycles. The summed E-state index contributed by atoms with van der Waals surface area (Å²) >= 11 is 0. The predicted octanol–water partition coefficient (Wildman–Crippen LogP) is -0.647. The molecule has 0 aromatic carbocycles. The molecule has 64 valence electrons. The zero-order chi connectivity index (χ0) is 7.94. The second-order valence-electron chi connectivity index (χ2n) is 2.41. The van der Waals surface area contributed by atoms with Gasteiger partial charge >= 0.3 is 0 Å². The zero-order valence-corrected chi connectivity index (χ0v) is 6.68. The Hall–Kier alpha value is -0.610. The fourth-order valence-electron chi connectivity index (χ4n) is 0.953. The van der Waals surface area contributed by atoms with Crippen LogP contribution in [0, 0.1) is 0 Å². The first-order valence-corrected chi connectivity index (χ1v) is 4.00. The van der Waals surface area contributed by atoms with Gasteiger partial charge in [0.2, 0.25) is 0 Å². The highest BCUT2D eigenvalue weighted by Crippen LogP contribution is 1.96. The lowest BCUT2D eigenvalue weighted by atomic mass is 10.4. The van der Waals surface area contributed by atoms with Crippen LogP contribution in [-0.2, 0) is 4.74 Å². The van der Waals surface area contributed by atoms with Crippen LogP contribution in [0.1, 0.15) is 6.42 Å². The van der Waals surface area contributed by atoms with E-state index in [-0.39, 0.29) is 0 Å². The van der Waals surface area contributed by atoms with Crippen molar-refractivity contribution in [2.75, 3.05) is 32.8 Å². The highest BCUT2D eigenvalue weighted by molar-refractivity contribution is 5.77. The number of nitrogens with two attached hydrogens (primary N) is 1. The minimum absolute atomic E-state index is 0.688. The van der Waals surface area contributed by atoms with Crippen LogP contribution in [0.5, 0.6) is 0 Å². The summed E-state index contributed by atoms with van der Waals surface area (Å²) in [5.74, 6) is 0.884. The maximum atomic E-state index is 5.30. The Bertz CT molecular complexity index is 136. The van der Waals surface area contributed by atoms with Gasteiger partial charge in [-0.15, -0.1) is 0 Å². The van der Waals surface area contributed by atoms with E-state index in [9.17, 15) is 0 Å². The van der Waals surface area contributed by atoms with Crippen LogP contribution in [0.2, 0.25) is 0 Å². The standard InChI is InChI=1S/C7H15N3O/c8-2-4-9-3-1-7-10-5-6-11-7/h9H,1-6,8H2. The largest absolute Gasteiger partial charge is 0.479 e. The van der Waals surface area contributed by atoms with E-state index in [2.05, 4.69) is 10.3 Å². The summed E-state index contributed by atoms with van der Waals surface area (Å²) in [6.45, 7) is 4.05. The Morgan fingerprint density at radius 1 is 1.55 bits per heavy atom. The summed E-state index contributed by atoms with van der Waals surface area (Å²) in [5, 5.41) is 3.18. The summed E-state index contributed by atoms with van der Waals surface area (Å²) in [5.41, 5.74) is 5.30. The first-order valence-electron chi connectivity index (χ1n) is 4.00. The molecule has 0 spiro atoms. The predicted molar refractivity (Wildman–Crippen MR) is 44.8 cm³/mol. The van der Waals surface area contributed by atoms with Gasteiger partial charge in [-0.1, -0.05) is 0 Å². The second-order valence-corrected chi connectivity index (χ2v) is 2.41. The minimum atomic E-state index is 0.688. The Labute approximate surface area is 66.8 Å². The van der Waals surface area contributed by atoms with Crippen molar-refractivity contribution in [3.8, 4) is 0 Å². The fourth-order valence-corrected chi connectivity index (χ4v) is 0.953. The third kappa shape index (κ3) is 3.34. The third-order valence-electron chi connectivity index (χ3n) is 1.48. The number of hydrogen-bond donors (Lipinski definition) is 2. The molecule has 4 heteroatoms. The lowest BCUT2D eigenvalue weighted by molar-refractivity contribution is 0.337. The van der Waals surface area contributed by atoms with Gasteiger partial charge in [0.1, 0.15) is 6.61 Å². The molecular formula is C7H15N3O. The van der Waals surface area contributed by atoms with Crippen molar-refractivity contribution in [1.82, 2.24) is 5.32 Å². The molecular weight excluding hydrogens is 142 g/mol. The summed E-state index contributed by atoms with van der Waals surface area (Å²) < 4.78 is 5.21. The van der Waals surface area contributed by atoms with Gasteiger partial charge in [0.25, 0.3) is 0 Å². The highest BCUT2D eigenvalue weighted by atomic mass is 16.5. The molecule has 0 radical (unpaired) electrons. The average Bonchev–Trinajstić information content (AvgIpc) is 2.50. The van der Waals surface area contributed by atoms with Crippen LogP contribution in [0.4, 0.5) is 0 Å². The Morgan fingerprint density at radius 2 is 2.45 bits per heavy atom. The van der Waals surface area contributed by atoms with E-state index in [4.69, 9.17) is 10.5 Å². The molecule has 0 aliphatic carbocycles. The van der Waals surface area contributed by atoms with Gasteiger partial charge in [-0.3, -0.25) is 4.99 Å². The molecule has 0 amide bonds. The van der Waals surface area contributed by atoms with Crippen molar-refractivity contribution in [2.24, 2.45) is 10.7 Å². The number of ether oxygens (including phenoxy) is 1. The lowest BCUT2D eigenvalue weighted by Crippen LogP contribution is -2.24. The Balaban J connectivity index is 1.94. The molecule has 0 saturated heterocycles. The fraction of sp³-hybridized carbons (Fsp3) is 0.857. The van der Waals surface area contributed by atoms with Crippen molar-refractivity contribution in [2.45, 2.75) is 6.42 Å². The van der Waals surface area contributed by atoms with Crippen molar-refractivity contribution in [1.29, 1.82) is 0 Å². The quantitative estimate of drug-likeness (QED) is 0.521. The summed E-state index contributed by atoms with van der Waals surface area (Å²) in [7, 11) is 0. The topological polar surface area (TPSA) is 59.6 Å². The molecule has 4 nitrogen and oxygen atoms in total. The lowest BCUT2D eigenvalue weighted by Gasteiger charge is -2.02. The zero-order valence-electron chi connectivity index (χ0n) is 6.68. The normalized spacial score (nSPS) is 16.3. The molecule has 1 rings (SSSR count). The molecule has 0 bridgehead atoms. The molecule has 0 fully saturated rings. The van der Waals surface area contributed by atoms with E-state index < -0.39 is 0 Å². The van der Waals surface area contributed by atoms with Crippen LogP contribution in [0.3, 0.4) is 0 Å². The Morgan fingerprint density at radius 3 is 3.09 bits per heavy atom. The van der Waals surface area contributed by atoms with Crippen LogP contribution < -0.4 is 11.1 Å². The van der Waals surface area contributed by atoms with Crippen molar-refractivity contribution in [3.05, 3.63) is 0 Å². The molecule has 11 heavy (non-hydrogen) atoms. The van der Waals surface area contributed by atoms with Crippen LogP contribution in [0.25, 0.3) is 0 Å². The molecule has 1 aliphatic rings. The van der Waals surface area contributed by atoms with Crippen LogP contribution in [0.15, 0.2) is 4.99 Å². The number of hydrogen-bond acceptors (Lipinski definition) is 4.